The maximum absolute atomic E-state index is 12.7. The number of carbonyl (C=O) groups is 1. The van der Waals surface area contributed by atoms with Gasteiger partial charge in [0.05, 0.1) is 5.92 Å². The van der Waals surface area contributed by atoms with Crippen LogP contribution in [0.3, 0.4) is 0 Å². The van der Waals surface area contributed by atoms with Crippen LogP contribution in [0.1, 0.15) is 51.0 Å². The molecular weight excluding hydrogens is 328 g/mol. The molecule has 3 nitrogen and oxygen atoms in total. The van der Waals surface area contributed by atoms with Crippen LogP contribution in [-0.4, -0.2) is 10.9 Å². The zero-order valence-corrected chi connectivity index (χ0v) is 13.9. The normalized spacial score (nSPS) is 15.9. The van der Waals surface area contributed by atoms with Gasteiger partial charge in [-0.2, -0.15) is 0 Å². The zero-order valence-electron chi connectivity index (χ0n) is 12.3. The van der Waals surface area contributed by atoms with Crippen molar-refractivity contribution >= 4 is 34.0 Å². The minimum absolute atomic E-state index is 0. The van der Waals surface area contributed by atoms with Crippen LogP contribution >= 0.6 is 22.9 Å². The average molecular weight is 351 g/mol. The van der Waals surface area contributed by atoms with Gasteiger partial charge in [0, 0.05) is 16.6 Å². The van der Waals surface area contributed by atoms with Gasteiger partial charge in [-0.05, 0) is 30.0 Å². The fourth-order valence-corrected chi connectivity index (χ4v) is 3.91. The Kier molecular flexibility index (Phi) is 6.60. The number of thiazole rings is 1. The molecule has 1 unspecified atom stereocenters. The van der Waals surface area contributed by atoms with Gasteiger partial charge in [-0.1, -0.05) is 56.8 Å². The third-order valence-electron chi connectivity index (χ3n) is 4.27. The summed E-state index contributed by atoms with van der Waals surface area (Å²) in [5, 5.41) is 6.13. The molecule has 3 rings (SSSR count). The number of hydrogen-bond acceptors (Lipinski definition) is 3. The molecule has 1 heterocycles. The van der Waals surface area contributed by atoms with Crippen LogP contribution in [-0.2, 0) is 4.79 Å². The second kappa shape index (κ2) is 8.46. The minimum Gasteiger partial charge on any atom is -0.301 e. The molecule has 0 radical (unpaired) electrons. The summed E-state index contributed by atoms with van der Waals surface area (Å²) < 4.78 is 0. The molecule has 0 spiro atoms. The minimum atomic E-state index is -0.161. The van der Waals surface area contributed by atoms with Gasteiger partial charge in [0.25, 0.3) is 0 Å². The van der Waals surface area contributed by atoms with E-state index >= 15 is 0 Å². The number of benzene rings is 1. The zero-order chi connectivity index (χ0) is 15.4. The third-order valence-corrected chi connectivity index (χ3v) is 5.20. The van der Waals surface area contributed by atoms with E-state index in [-0.39, 0.29) is 19.3 Å². The molecule has 1 aromatic carbocycles. The number of halogens is 1. The van der Waals surface area contributed by atoms with Crippen LogP contribution in [0.5, 0.6) is 0 Å². The molecule has 0 saturated heterocycles. The summed E-state index contributed by atoms with van der Waals surface area (Å²) in [5.74, 6) is 0.487. The van der Waals surface area contributed by atoms with E-state index < -0.39 is 0 Å². The van der Waals surface area contributed by atoms with Crippen molar-refractivity contribution in [2.24, 2.45) is 5.92 Å². The van der Waals surface area contributed by atoms with Crippen molar-refractivity contribution in [1.82, 2.24) is 4.98 Å². The Morgan fingerprint density at radius 1 is 1.39 bits per heavy atom. The quantitative estimate of drug-likeness (QED) is 0.747. The van der Waals surface area contributed by atoms with Crippen LogP contribution in [0.4, 0.5) is 5.13 Å². The molecule has 1 aromatic heterocycles. The predicted molar refractivity (Wildman–Crippen MR) is 98.2 cm³/mol. The number of aromatic nitrogens is 1. The van der Waals surface area contributed by atoms with E-state index in [2.05, 4.69) is 10.3 Å². The highest BCUT2D eigenvalue weighted by molar-refractivity contribution is 7.13. The lowest BCUT2D eigenvalue weighted by molar-refractivity contribution is -0.118. The average Bonchev–Trinajstić information content (AvgIpc) is 3.18. The Balaban J connectivity index is 0.00000192. The Morgan fingerprint density at radius 2 is 2.17 bits per heavy atom. The van der Waals surface area contributed by atoms with Crippen molar-refractivity contribution in [3.05, 3.63) is 46.4 Å². The molecule has 0 aliphatic heterocycles. The Bertz CT molecular complexity index is 624. The molecule has 1 saturated carbocycles. The highest BCUT2D eigenvalue weighted by atomic mass is 35.5. The Hall–Kier alpha value is -1.39. The highest BCUT2D eigenvalue weighted by Crippen LogP contribution is 2.35. The molecule has 1 N–H and O–H groups in total. The number of amides is 1. The van der Waals surface area contributed by atoms with Gasteiger partial charge in [-0.25, -0.2) is 4.98 Å². The van der Waals surface area contributed by atoms with Crippen LogP contribution in [0.25, 0.3) is 0 Å². The molecule has 1 amide bonds. The Labute approximate surface area is 147 Å². The van der Waals surface area contributed by atoms with Gasteiger partial charge in [0.2, 0.25) is 5.91 Å². The first-order valence-corrected chi connectivity index (χ1v) is 8.94. The summed E-state index contributed by atoms with van der Waals surface area (Å²) in [6.45, 7) is 0. The topological polar surface area (TPSA) is 42.0 Å². The number of anilines is 1. The molecule has 2 aromatic rings. The number of carbonyl (C=O) groups excluding carboxylic acids is 1. The predicted octanol–water partition coefficient (Wildman–Crippen LogP) is 5.74. The van der Waals surface area contributed by atoms with Crippen LogP contribution < -0.4 is 5.32 Å². The van der Waals surface area contributed by atoms with E-state index in [0.29, 0.717) is 16.1 Å². The molecule has 1 aliphatic rings. The number of rotatable bonds is 5. The van der Waals surface area contributed by atoms with Gasteiger partial charge in [-0.3, -0.25) is 4.79 Å². The summed E-state index contributed by atoms with van der Waals surface area (Å²) in [4.78, 5) is 16.9. The van der Waals surface area contributed by atoms with Crippen LogP contribution in [0.2, 0.25) is 5.02 Å². The van der Waals surface area contributed by atoms with Gasteiger partial charge < -0.3 is 5.32 Å². The summed E-state index contributed by atoms with van der Waals surface area (Å²) in [6.07, 6.45) is 7.59. The molecule has 0 bridgehead atoms. The summed E-state index contributed by atoms with van der Waals surface area (Å²) >= 11 is 7.55. The standard InChI is InChI=1S/C17H19ClN2OS.CH4/c18-14-7-3-6-13(11-14)15(10-12-4-1-2-5-12)16(21)20-17-19-8-9-22-17;/h3,6-9,11-12,15H,1-2,4-5,10H2,(H,19,20,21);1H4. The van der Waals surface area contributed by atoms with Crippen molar-refractivity contribution < 1.29 is 4.79 Å². The van der Waals surface area contributed by atoms with Gasteiger partial charge in [-0.15, -0.1) is 11.3 Å². The van der Waals surface area contributed by atoms with Gasteiger partial charge >= 0.3 is 0 Å². The lowest BCUT2D eigenvalue weighted by Gasteiger charge is -2.20. The van der Waals surface area contributed by atoms with Crippen molar-refractivity contribution in [2.45, 2.75) is 45.4 Å². The van der Waals surface area contributed by atoms with E-state index in [0.717, 1.165) is 12.0 Å². The fraction of sp³-hybridized carbons (Fsp3) is 0.444. The highest BCUT2D eigenvalue weighted by Gasteiger charge is 2.27. The van der Waals surface area contributed by atoms with Crippen LogP contribution in [0.15, 0.2) is 35.8 Å². The number of nitrogens with one attached hydrogen (secondary N) is 1. The van der Waals surface area contributed by atoms with Crippen molar-refractivity contribution in [2.75, 3.05) is 5.32 Å². The number of nitrogens with zero attached hydrogens (tertiary/aromatic N) is 1. The fourth-order valence-electron chi connectivity index (χ4n) is 3.17. The smallest absolute Gasteiger partial charge is 0.233 e. The first kappa shape index (κ1) is 18.0. The van der Waals surface area contributed by atoms with Crippen molar-refractivity contribution in [1.29, 1.82) is 0 Å². The summed E-state index contributed by atoms with van der Waals surface area (Å²) in [7, 11) is 0. The molecule has 1 atom stereocenters. The monoisotopic (exact) mass is 350 g/mol. The van der Waals surface area contributed by atoms with Crippen LogP contribution in [0, 0.1) is 5.92 Å². The molecule has 23 heavy (non-hydrogen) atoms. The molecule has 1 aliphatic carbocycles. The molecule has 124 valence electrons. The molecule has 1 fully saturated rings. The van der Waals surface area contributed by atoms with E-state index in [1.165, 1.54) is 37.0 Å². The lowest BCUT2D eigenvalue weighted by Crippen LogP contribution is -2.23. The SMILES string of the molecule is C.O=C(Nc1nccs1)C(CC1CCCC1)c1cccc(Cl)c1. The molecular formula is C18H23ClN2OS. The maximum atomic E-state index is 12.7. The van der Waals surface area contributed by atoms with Gasteiger partial charge in [0.15, 0.2) is 5.13 Å². The van der Waals surface area contributed by atoms with E-state index in [4.69, 9.17) is 11.6 Å². The van der Waals surface area contributed by atoms with E-state index in [1.807, 2.05) is 29.6 Å². The maximum Gasteiger partial charge on any atom is 0.233 e. The largest absolute Gasteiger partial charge is 0.301 e. The summed E-state index contributed by atoms with van der Waals surface area (Å²) in [5.41, 5.74) is 0.994. The Morgan fingerprint density at radius 3 is 2.83 bits per heavy atom. The first-order valence-electron chi connectivity index (χ1n) is 7.68. The second-order valence-corrected chi connectivity index (χ2v) is 7.15. The van der Waals surface area contributed by atoms with E-state index in [9.17, 15) is 4.79 Å². The first-order chi connectivity index (χ1) is 10.7. The lowest BCUT2D eigenvalue weighted by atomic mass is 9.87. The van der Waals surface area contributed by atoms with Crippen molar-refractivity contribution in [3.63, 3.8) is 0 Å². The third kappa shape index (κ3) is 4.79. The van der Waals surface area contributed by atoms with E-state index in [1.54, 1.807) is 6.20 Å². The summed E-state index contributed by atoms with van der Waals surface area (Å²) in [6, 6.07) is 7.65. The second-order valence-electron chi connectivity index (χ2n) is 5.82. The number of hydrogen-bond donors (Lipinski definition) is 1. The van der Waals surface area contributed by atoms with Crippen molar-refractivity contribution in [3.8, 4) is 0 Å². The van der Waals surface area contributed by atoms with Gasteiger partial charge in [0.1, 0.15) is 0 Å². The molecule has 5 heteroatoms.